The number of carbonyl (C=O) groups is 2. The van der Waals surface area contributed by atoms with E-state index in [1.54, 1.807) is 32.2 Å². The van der Waals surface area contributed by atoms with Crippen molar-refractivity contribution in [2.75, 3.05) is 0 Å². The Bertz CT molecular complexity index is 890. The van der Waals surface area contributed by atoms with Crippen LogP contribution in [0.3, 0.4) is 0 Å². The van der Waals surface area contributed by atoms with Crippen molar-refractivity contribution in [1.82, 2.24) is 20.2 Å². The molecule has 8 heteroatoms. The zero-order valence-corrected chi connectivity index (χ0v) is 15.6. The summed E-state index contributed by atoms with van der Waals surface area (Å²) in [5.41, 5.74) is 0.425. The van der Waals surface area contributed by atoms with Gasteiger partial charge in [0, 0.05) is 13.1 Å². The number of imide groups is 1. The molecule has 1 aromatic carbocycles. The minimum absolute atomic E-state index is 0.147. The summed E-state index contributed by atoms with van der Waals surface area (Å²) in [6, 6.07) is 6.77. The molecule has 1 aliphatic rings. The molecule has 0 aliphatic heterocycles. The smallest absolute Gasteiger partial charge is 0.321 e. The average Bonchev–Trinajstić information content (AvgIpc) is 3.12. The van der Waals surface area contributed by atoms with E-state index in [2.05, 4.69) is 15.6 Å². The van der Waals surface area contributed by atoms with Crippen molar-refractivity contribution < 1.29 is 9.59 Å². The maximum Gasteiger partial charge on any atom is 0.321 e. The Hall–Kier alpha value is -2.35. The van der Waals surface area contributed by atoms with Crippen LogP contribution in [-0.4, -0.2) is 32.8 Å². The number of hydrogen-bond acceptors (Lipinski definition) is 5. The Morgan fingerprint density at radius 1 is 1.27 bits per heavy atom. The normalized spacial score (nSPS) is 15.8. The molecule has 0 bridgehead atoms. The van der Waals surface area contributed by atoms with Crippen molar-refractivity contribution in [3.8, 4) is 0 Å². The van der Waals surface area contributed by atoms with Gasteiger partial charge >= 0.3 is 6.03 Å². The van der Waals surface area contributed by atoms with Gasteiger partial charge in [0.25, 0.3) is 5.56 Å². The van der Waals surface area contributed by atoms with Crippen molar-refractivity contribution in [3.63, 3.8) is 0 Å². The SMILES string of the molecule is CC(Sc1nc2ccccc2c(=O)n1C)C(=O)NC(=O)NC1CCCC1. The Morgan fingerprint density at radius 2 is 1.96 bits per heavy atom. The third kappa shape index (κ3) is 4.07. The molecule has 1 atom stereocenters. The second-order valence-electron chi connectivity index (χ2n) is 6.48. The Morgan fingerprint density at radius 3 is 2.69 bits per heavy atom. The second-order valence-corrected chi connectivity index (χ2v) is 7.79. The summed E-state index contributed by atoms with van der Waals surface area (Å²) in [6.07, 6.45) is 4.11. The fraction of sp³-hybridized carbons (Fsp3) is 0.444. The highest BCUT2D eigenvalue weighted by molar-refractivity contribution is 8.00. The molecule has 1 unspecified atom stereocenters. The maximum absolute atomic E-state index is 12.4. The van der Waals surface area contributed by atoms with Gasteiger partial charge in [0.1, 0.15) is 0 Å². The summed E-state index contributed by atoms with van der Waals surface area (Å²) in [5.74, 6) is -0.409. The number of nitrogens with one attached hydrogen (secondary N) is 2. The highest BCUT2D eigenvalue weighted by Crippen LogP contribution is 2.22. The van der Waals surface area contributed by atoms with Crippen LogP contribution >= 0.6 is 11.8 Å². The van der Waals surface area contributed by atoms with E-state index in [9.17, 15) is 14.4 Å². The molecule has 3 rings (SSSR count). The van der Waals surface area contributed by atoms with Gasteiger partial charge in [-0.3, -0.25) is 19.5 Å². The predicted molar refractivity (Wildman–Crippen MR) is 101 cm³/mol. The first-order valence-corrected chi connectivity index (χ1v) is 9.57. The molecule has 7 nitrogen and oxygen atoms in total. The number of benzene rings is 1. The van der Waals surface area contributed by atoms with Crippen molar-refractivity contribution >= 4 is 34.6 Å². The van der Waals surface area contributed by atoms with E-state index in [0.29, 0.717) is 16.1 Å². The molecule has 26 heavy (non-hydrogen) atoms. The number of nitrogens with zero attached hydrogens (tertiary/aromatic N) is 2. The highest BCUT2D eigenvalue weighted by atomic mass is 32.2. The van der Waals surface area contributed by atoms with E-state index in [4.69, 9.17) is 0 Å². The van der Waals surface area contributed by atoms with E-state index in [-0.39, 0.29) is 11.6 Å². The average molecular weight is 374 g/mol. The quantitative estimate of drug-likeness (QED) is 0.632. The third-order valence-corrected chi connectivity index (χ3v) is 5.66. The summed E-state index contributed by atoms with van der Waals surface area (Å²) in [4.78, 5) is 41.1. The molecule has 1 fully saturated rings. The minimum atomic E-state index is -0.566. The predicted octanol–water partition coefficient (Wildman–Crippen LogP) is 2.18. The van der Waals surface area contributed by atoms with Gasteiger partial charge in [-0.15, -0.1) is 0 Å². The number of aromatic nitrogens is 2. The van der Waals surface area contributed by atoms with Gasteiger partial charge in [-0.1, -0.05) is 36.7 Å². The Labute approximate surface area is 155 Å². The van der Waals surface area contributed by atoms with Crippen LogP contribution in [-0.2, 0) is 11.8 Å². The Kier molecular flexibility index (Phi) is 5.61. The lowest BCUT2D eigenvalue weighted by molar-refractivity contribution is -0.119. The first kappa shape index (κ1) is 18.4. The first-order valence-electron chi connectivity index (χ1n) is 8.69. The fourth-order valence-electron chi connectivity index (χ4n) is 3.02. The highest BCUT2D eigenvalue weighted by Gasteiger charge is 2.22. The van der Waals surface area contributed by atoms with Crippen molar-refractivity contribution in [2.45, 2.75) is 49.1 Å². The lowest BCUT2D eigenvalue weighted by Crippen LogP contribution is -2.46. The molecule has 0 radical (unpaired) electrons. The molecule has 2 aromatic rings. The van der Waals surface area contributed by atoms with Crippen LogP contribution in [0.4, 0.5) is 4.79 Å². The topological polar surface area (TPSA) is 93.1 Å². The molecular formula is C18H22N4O3S. The lowest BCUT2D eigenvalue weighted by atomic mass is 10.2. The van der Waals surface area contributed by atoms with E-state index >= 15 is 0 Å². The molecule has 138 valence electrons. The number of para-hydroxylation sites is 1. The Balaban J connectivity index is 1.67. The molecule has 1 saturated carbocycles. The summed E-state index contributed by atoms with van der Waals surface area (Å²) in [6.45, 7) is 1.68. The maximum atomic E-state index is 12.4. The lowest BCUT2D eigenvalue weighted by Gasteiger charge is -2.15. The zero-order valence-electron chi connectivity index (χ0n) is 14.8. The van der Waals surface area contributed by atoms with Gasteiger partial charge in [0.05, 0.1) is 16.2 Å². The second kappa shape index (κ2) is 7.90. The van der Waals surface area contributed by atoms with Gasteiger partial charge in [0.2, 0.25) is 5.91 Å². The summed E-state index contributed by atoms with van der Waals surface area (Å²) >= 11 is 1.15. The minimum Gasteiger partial charge on any atom is -0.335 e. The van der Waals surface area contributed by atoms with Crippen molar-refractivity contribution in [3.05, 3.63) is 34.6 Å². The molecule has 1 heterocycles. The van der Waals surface area contributed by atoms with Gasteiger partial charge in [-0.2, -0.15) is 0 Å². The van der Waals surface area contributed by atoms with E-state index in [0.717, 1.165) is 37.4 Å². The summed E-state index contributed by atoms with van der Waals surface area (Å²) in [5, 5.41) is 5.60. The monoisotopic (exact) mass is 374 g/mol. The standard InChI is InChI=1S/C18H22N4O3S/c1-11(15(23)21-17(25)19-12-7-3-4-8-12)26-18-20-14-10-6-5-9-13(14)16(24)22(18)2/h5-6,9-12H,3-4,7-8H2,1-2H3,(H2,19,21,23,25). The van der Waals surface area contributed by atoms with Crippen LogP contribution in [0.2, 0.25) is 0 Å². The van der Waals surface area contributed by atoms with Crippen LogP contribution in [0.5, 0.6) is 0 Å². The summed E-state index contributed by atoms with van der Waals surface area (Å²) in [7, 11) is 1.63. The number of thioether (sulfide) groups is 1. The molecule has 1 aromatic heterocycles. The van der Waals surface area contributed by atoms with Crippen LogP contribution < -0.4 is 16.2 Å². The third-order valence-electron chi connectivity index (χ3n) is 4.52. The summed E-state index contributed by atoms with van der Waals surface area (Å²) < 4.78 is 1.43. The van der Waals surface area contributed by atoms with Crippen LogP contribution in [0, 0.1) is 0 Å². The van der Waals surface area contributed by atoms with Gasteiger partial charge in [-0.05, 0) is 31.9 Å². The number of amides is 3. The fourth-order valence-corrected chi connectivity index (χ4v) is 3.89. The van der Waals surface area contributed by atoms with E-state index < -0.39 is 17.2 Å². The van der Waals surface area contributed by atoms with Crippen molar-refractivity contribution in [2.24, 2.45) is 7.05 Å². The van der Waals surface area contributed by atoms with Crippen LogP contribution in [0.15, 0.2) is 34.2 Å². The molecule has 0 spiro atoms. The van der Waals surface area contributed by atoms with Gasteiger partial charge in [-0.25, -0.2) is 9.78 Å². The van der Waals surface area contributed by atoms with Crippen LogP contribution in [0.1, 0.15) is 32.6 Å². The van der Waals surface area contributed by atoms with E-state index in [1.807, 2.05) is 6.07 Å². The largest absolute Gasteiger partial charge is 0.335 e. The zero-order chi connectivity index (χ0) is 18.7. The number of fused-ring (bicyclic) bond motifs is 1. The van der Waals surface area contributed by atoms with Crippen LogP contribution in [0.25, 0.3) is 10.9 Å². The van der Waals surface area contributed by atoms with E-state index in [1.165, 1.54) is 4.57 Å². The number of carbonyl (C=O) groups excluding carboxylic acids is 2. The number of hydrogen-bond donors (Lipinski definition) is 2. The molecule has 1 aliphatic carbocycles. The molecule has 2 N–H and O–H groups in total. The molecule has 0 saturated heterocycles. The number of rotatable bonds is 4. The molecule has 3 amide bonds. The number of urea groups is 1. The van der Waals surface area contributed by atoms with Crippen molar-refractivity contribution in [1.29, 1.82) is 0 Å². The molecular weight excluding hydrogens is 352 g/mol. The van der Waals surface area contributed by atoms with Gasteiger partial charge < -0.3 is 5.32 Å². The first-order chi connectivity index (χ1) is 12.5. The van der Waals surface area contributed by atoms with Gasteiger partial charge in [0.15, 0.2) is 5.16 Å².